The topological polar surface area (TPSA) is 75.5 Å². The fourth-order valence-electron chi connectivity index (χ4n) is 3.35. The molecular formula is C21H20N4O3. The number of nitrogens with zero attached hydrogens (tertiary/aromatic N) is 4. The molecule has 7 heteroatoms. The summed E-state index contributed by atoms with van der Waals surface area (Å²) in [6, 6.07) is 14.8. The van der Waals surface area contributed by atoms with E-state index in [1.165, 1.54) is 4.90 Å². The Morgan fingerprint density at radius 1 is 1.04 bits per heavy atom. The van der Waals surface area contributed by atoms with Gasteiger partial charge in [-0.2, -0.15) is 5.10 Å². The molecule has 4 rings (SSSR count). The van der Waals surface area contributed by atoms with Crippen molar-refractivity contribution in [3.63, 3.8) is 0 Å². The highest BCUT2D eigenvalue weighted by molar-refractivity contribution is 5.98. The van der Waals surface area contributed by atoms with Crippen LogP contribution in [0.3, 0.4) is 0 Å². The van der Waals surface area contributed by atoms with Crippen molar-refractivity contribution in [3.8, 4) is 0 Å². The van der Waals surface area contributed by atoms with Gasteiger partial charge in [0.05, 0.1) is 11.6 Å². The highest BCUT2D eigenvalue weighted by Crippen LogP contribution is 2.18. The molecule has 0 radical (unpaired) electrons. The van der Waals surface area contributed by atoms with Crippen LogP contribution in [0.25, 0.3) is 10.8 Å². The van der Waals surface area contributed by atoms with Gasteiger partial charge < -0.3 is 9.80 Å². The average molecular weight is 376 g/mol. The lowest BCUT2D eigenvalue weighted by Gasteiger charge is -2.34. The summed E-state index contributed by atoms with van der Waals surface area (Å²) in [5.41, 5.74) is 1.64. The molecule has 28 heavy (non-hydrogen) atoms. The Bertz CT molecular complexity index is 1100. The minimum Gasteiger partial charge on any atom is -0.330 e. The van der Waals surface area contributed by atoms with E-state index in [1.807, 2.05) is 37.3 Å². The average Bonchev–Trinajstić information content (AvgIpc) is 2.71. The van der Waals surface area contributed by atoms with E-state index in [0.29, 0.717) is 18.5 Å². The van der Waals surface area contributed by atoms with Crippen molar-refractivity contribution in [1.29, 1.82) is 0 Å². The molecule has 0 bridgehead atoms. The maximum atomic E-state index is 12.6. The van der Waals surface area contributed by atoms with Crippen molar-refractivity contribution >= 4 is 28.3 Å². The first-order valence-electron chi connectivity index (χ1n) is 9.12. The van der Waals surface area contributed by atoms with E-state index in [0.717, 1.165) is 21.3 Å². The van der Waals surface area contributed by atoms with E-state index in [2.05, 4.69) is 5.10 Å². The highest BCUT2D eigenvalue weighted by Gasteiger charge is 2.28. The molecule has 1 aliphatic heterocycles. The maximum Gasteiger partial charge on any atom is 0.275 e. The lowest BCUT2D eigenvalue weighted by Crippen LogP contribution is -2.53. The predicted molar refractivity (Wildman–Crippen MR) is 106 cm³/mol. The van der Waals surface area contributed by atoms with Gasteiger partial charge in [0.1, 0.15) is 13.1 Å². The number of carbonyl (C=O) groups excluding carboxylic acids is 2. The SMILES string of the molecule is Cc1ccc(N2CCN(C(=O)Cn3ncc4ccccc4c3=O)CC2=O)cc1. The number of fused-ring (bicyclic) bond motifs is 1. The summed E-state index contributed by atoms with van der Waals surface area (Å²) in [5.74, 6) is -0.427. The van der Waals surface area contributed by atoms with Crippen LogP contribution in [0.1, 0.15) is 5.56 Å². The van der Waals surface area contributed by atoms with Crippen LogP contribution in [0.4, 0.5) is 5.69 Å². The van der Waals surface area contributed by atoms with Crippen molar-refractivity contribution in [3.05, 3.63) is 70.6 Å². The summed E-state index contributed by atoms with van der Waals surface area (Å²) in [7, 11) is 0. The molecule has 3 aromatic rings. The van der Waals surface area contributed by atoms with Crippen molar-refractivity contribution in [1.82, 2.24) is 14.7 Å². The van der Waals surface area contributed by atoms with Gasteiger partial charge in [-0.1, -0.05) is 35.9 Å². The zero-order valence-electron chi connectivity index (χ0n) is 15.5. The molecule has 142 valence electrons. The number of aromatic nitrogens is 2. The largest absolute Gasteiger partial charge is 0.330 e. The number of carbonyl (C=O) groups is 2. The van der Waals surface area contributed by atoms with E-state index in [9.17, 15) is 14.4 Å². The first kappa shape index (κ1) is 17.9. The minimum atomic E-state index is -0.309. The van der Waals surface area contributed by atoms with Gasteiger partial charge in [-0.25, -0.2) is 4.68 Å². The fourth-order valence-corrected chi connectivity index (χ4v) is 3.35. The van der Waals surface area contributed by atoms with Crippen molar-refractivity contribution in [2.75, 3.05) is 24.5 Å². The molecule has 7 nitrogen and oxygen atoms in total. The van der Waals surface area contributed by atoms with Gasteiger partial charge in [-0.15, -0.1) is 0 Å². The molecule has 0 unspecified atom stereocenters. The smallest absolute Gasteiger partial charge is 0.275 e. The van der Waals surface area contributed by atoms with E-state index in [1.54, 1.807) is 29.3 Å². The number of hydrogen-bond acceptors (Lipinski definition) is 4. The molecule has 1 fully saturated rings. The summed E-state index contributed by atoms with van der Waals surface area (Å²) < 4.78 is 1.15. The molecular weight excluding hydrogens is 356 g/mol. The van der Waals surface area contributed by atoms with Crippen LogP contribution in [0.2, 0.25) is 0 Å². The Hall–Kier alpha value is -3.48. The van der Waals surface area contributed by atoms with E-state index >= 15 is 0 Å². The molecule has 1 saturated heterocycles. The van der Waals surface area contributed by atoms with Gasteiger partial charge in [-0.05, 0) is 25.1 Å². The Labute approximate surface area is 161 Å². The van der Waals surface area contributed by atoms with Gasteiger partial charge in [-0.3, -0.25) is 14.4 Å². The van der Waals surface area contributed by atoms with Gasteiger partial charge in [0.15, 0.2) is 0 Å². The summed E-state index contributed by atoms with van der Waals surface area (Å²) >= 11 is 0. The van der Waals surface area contributed by atoms with Gasteiger partial charge in [0, 0.05) is 24.2 Å². The summed E-state index contributed by atoms with van der Waals surface area (Å²) in [6.45, 7) is 2.65. The normalized spacial score (nSPS) is 14.5. The van der Waals surface area contributed by atoms with Crippen LogP contribution in [0.5, 0.6) is 0 Å². The van der Waals surface area contributed by atoms with Crippen molar-refractivity contribution < 1.29 is 9.59 Å². The molecule has 0 atom stereocenters. The number of anilines is 1. The van der Waals surface area contributed by atoms with Gasteiger partial charge >= 0.3 is 0 Å². The van der Waals surface area contributed by atoms with E-state index < -0.39 is 0 Å². The second-order valence-corrected chi connectivity index (χ2v) is 6.89. The van der Waals surface area contributed by atoms with Gasteiger partial charge in [0.25, 0.3) is 5.56 Å². The first-order chi connectivity index (χ1) is 13.5. The first-order valence-corrected chi connectivity index (χ1v) is 9.12. The second kappa shape index (κ2) is 7.26. The minimum absolute atomic E-state index is 0.00492. The lowest BCUT2D eigenvalue weighted by atomic mass is 10.2. The van der Waals surface area contributed by atoms with Crippen LogP contribution in [0.15, 0.2) is 59.5 Å². The third kappa shape index (κ3) is 3.38. The van der Waals surface area contributed by atoms with Crippen LogP contribution < -0.4 is 10.5 Å². The quantitative estimate of drug-likeness (QED) is 0.696. The molecule has 2 amide bonds. The monoisotopic (exact) mass is 376 g/mol. The number of amides is 2. The summed E-state index contributed by atoms with van der Waals surface area (Å²) in [5, 5.41) is 5.35. The number of piperazine rings is 1. The fraction of sp³-hybridized carbons (Fsp3) is 0.238. The van der Waals surface area contributed by atoms with Crippen molar-refractivity contribution in [2.24, 2.45) is 0 Å². The summed E-state index contributed by atoms with van der Waals surface area (Å²) in [4.78, 5) is 40.9. The Morgan fingerprint density at radius 2 is 1.79 bits per heavy atom. The standard InChI is InChI=1S/C21H20N4O3/c1-15-6-8-17(9-7-15)24-11-10-23(13-20(24)27)19(26)14-25-21(28)18-5-3-2-4-16(18)12-22-25/h2-9,12H,10-11,13-14H2,1H3. The third-order valence-corrected chi connectivity index (χ3v) is 4.97. The summed E-state index contributed by atoms with van der Waals surface area (Å²) in [6.07, 6.45) is 1.57. The second-order valence-electron chi connectivity index (χ2n) is 6.89. The zero-order valence-corrected chi connectivity index (χ0v) is 15.5. The molecule has 1 aromatic heterocycles. The highest BCUT2D eigenvalue weighted by atomic mass is 16.2. The Morgan fingerprint density at radius 3 is 2.54 bits per heavy atom. The molecule has 0 aliphatic carbocycles. The molecule has 2 heterocycles. The van der Waals surface area contributed by atoms with Crippen LogP contribution >= 0.6 is 0 Å². The third-order valence-electron chi connectivity index (χ3n) is 4.97. The molecule has 0 N–H and O–H groups in total. The number of aryl methyl sites for hydroxylation is 1. The van der Waals surface area contributed by atoms with Crippen LogP contribution in [-0.4, -0.2) is 46.1 Å². The van der Waals surface area contributed by atoms with E-state index in [-0.39, 0.29) is 30.5 Å². The number of benzene rings is 2. The molecule has 1 aliphatic rings. The van der Waals surface area contributed by atoms with Crippen molar-refractivity contribution in [2.45, 2.75) is 13.5 Å². The van der Waals surface area contributed by atoms with Gasteiger partial charge in [0.2, 0.25) is 11.8 Å². The molecule has 0 spiro atoms. The van der Waals surface area contributed by atoms with Crippen LogP contribution in [0, 0.1) is 6.92 Å². The predicted octanol–water partition coefficient (Wildman–Crippen LogP) is 1.58. The zero-order chi connectivity index (χ0) is 19.7. The molecule has 0 saturated carbocycles. The van der Waals surface area contributed by atoms with E-state index in [4.69, 9.17) is 0 Å². The lowest BCUT2D eigenvalue weighted by molar-refractivity contribution is -0.137. The Balaban J connectivity index is 1.47. The Kier molecular flexibility index (Phi) is 4.65. The molecule has 2 aromatic carbocycles. The number of rotatable bonds is 3. The maximum absolute atomic E-state index is 12.6. The van der Waals surface area contributed by atoms with Crippen LogP contribution in [-0.2, 0) is 16.1 Å². The number of hydrogen-bond donors (Lipinski definition) is 0.